The van der Waals surface area contributed by atoms with Gasteiger partial charge in [-0.15, -0.1) is 0 Å². The van der Waals surface area contributed by atoms with Crippen molar-refractivity contribution in [3.63, 3.8) is 0 Å². The minimum Gasteiger partial charge on any atom is -0.375 e. The number of alkyl halides is 2. The molecule has 0 radical (unpaired) electrons. The summed E-state index contributed by atoms with van der Waals surface area (Å²) in [4.78, 5) is 0. The second-order valence-corrected chi connectivity index (χ2v) is 4.13. The third kappa shape index (κ3) is 8.42. The van der Waals surface area contributed by atoms with Gasteiger partial charge in [-0.2, -0.15) is 0 Å². The van der Waals surface area contributed by atoms with Gasteiger partial charge < -0.3 is 4.74 Å². The Morgan fingerprint density at radius 3 is 2.36 bits per heavy atom. The summed E-state index contributed by atoms with van der Waals surface area (Å²) < 4.78 is 30.7. The van der Waals surface area contributed by atoms with Crippen LogP contribution in [0.4, 0.5) is 8.78 Å². The van der Waals surface area contributed by atoms with Crippen LogP contribution in [0.1, 0.15) is 46.5 Å². The highest BCUT2D eigenvalue weighted by molar-refractivity contribution is 4.65. The molecule has 0 saturated heterocycles. The fourth-order valence-corrected chi connectivity index (χ4v) is 1.26. The highest BCUT2D eigenvalue weighted by atomic mass is 19.3. The van der Waals surface area contributed by atoms with E-state index in [-0.39, 0.29) is 6.42 Å². The molecule has 0 saturated carbocycles. The molecule has 0 aliphatic carbocycles. The molecule has 0 unspecified atom stereocenters. The molecule has 0 fully saturated rings. The molecule has 0 rings (SSSR count). The second-order valence-electron chi connectivity index (χ2n) is 4.13. The summed E-state index contributed by atoms with van der Waals surface area (Å²) in [7, 11) is 0. The maximum Gasteiger partial charge on any atom is 0.270 e. The summed E-state index contributed by atoms with van der Waals surface area (Å²) >= 11 is 0. The van der Waals surface area contributed by atoms with Gasteiger partial charge in [0.15, 0.2) is 0 Å². The van der Waals surface area contributed by atoms with E-state index in [1.165, 1.54) is 0 Å². The zero-order valence-electron chi connectivity index (χ0n) is 9.48. The first kappa shape index (κ1) is 13.8. The molecular weight excluding hydrogens is 186 g/mol. The van der Waals surface area contributed by atoms with Crippen molar-refractivity contribution in [1.82, 2.24) is 0 Å². The third-order valence-corrected chi connectivity index (χ3v) is 2.09. The Bertz CT molecular complexity index is 135. The molecule has 14 heavy (non-hydrogen) atoms. The zero-order valence-corrected chi connectivity index (χ0v) is 9.48. The molecule has 0 aromatic heterocycles. The highest BCUT2D eigenvalue weighted by Crippen LogP contribution is 2.22. The van der Waals surface area contributed by atoms with Crippen molar-refractivity contribution >= 4 is 0 Å². The monoisotopic (exact) mass is 208 g/mol. The molecule has 0 bridgehead atoms. The quantitative estimate of drug-likeness (QED) is 0.550. The topological polar surface area (TPSA) is 9.23 Å². The van der Waals surface area contributed by atoms with Crippen LogP contribution in [0.2, 0.25) is 0 Å². The van der Waals surface area contributed by atoms with E-state index in [4.69, 9.17) is 4.74 Å². The van der Waals surface area contributed by atoms with Gasteiger partial charge in [-0.1, -0.05) is 26.7 Å². The van der Waals surface area contributed by atoms with Crippen LogP contribution in [0.5, 0.6) is 0 Å². The van der Waals surface area contributed by atoms with Gasteiger partial charge in [0.25, 0.3) is 5.92 Å². The van der Waals surface area contributed by atoms with Gasteiger partial charge >= 0.3 is 0 Å². The van der Waals surface area contributed by atoms with Crippen LogP contribution in [0.25, 0.3) is 0 Å². The van der Waals surface area contributed by atoms with Gasteiger partial charge in [-0.3, -0.25) is 0 Å². The van der Waals surface area contributed by atoms with E-state index < -0.39 is 12.5 Å². The first-order valence-electron chi connectivity index (χ1n) is 5.43. The van der Waals surface area contributed by atoms with E-state index in [0.29, 0.717) is 18.9 Å². The molecule has 0 aliphatic rings. The van der Waals surface area contributed by atoms with Crippen molar-refractivity contribution in [3.8, 4) is 0 Å². The van der Waals surface area contributed by atoms with E-state index in [2.05, 4.69) is 13.8 Å². The molecule has 0 amide bonds. The predicted molar refractivity (Wildman–Crippen MR) is 54.7 cm³/mol. The second kappa shape index (κ2) is 7.16. The Labute approximate surface area is 85.8 Å². The van der Waals surface area contributed by atoms with Gasteiger partial charge in [0.2, 0.25) is 0 Å². The lowest BCUT2D eigenvalue weighted by molar-refractivity contribution is -0.0811. The lowest BCUT2D eigenvalue weighted by atomic mass is 10.0. The van der Waals surface area contributed by atoms with Crippen molar-refractivity contribution < 1.29 is 13.5 Å². The van der Waals surface area contributed by atoms with Crippen molar-refractivity contribution in [1.29, 1.82) is 0 Å². The zero-order chi connectivity index (χ0) is 11.0. The van der Waals surface area contributed by atoms with Crippen LogP contribution in [-0.2, 0) is 4.74 Å². The van der Waals surface area contributed by atoms with Crippen LogP contribution < -0.4 is 0 Å². The van der Waals surface area contributed by atoms with E-state index in [1.54, 1.807) is 6.92 Å². The van der Waals surface area contributed by atoms with Crippen LogP contribution in [0.3, 0.4) is 0 Å². The molecule has 86 valence electrons. The molecule has 0 N–H and O–H groups in total. The normalized spacial score (nSPS) is 12.4. The number of unbranched alkanes of at least 4 members (excludes halogenated alkanes) is 1. The highest BCUT2D eigenvalue weighted by Gasteiger charge is 2.27. The summed E-state index contributed by atoms with van der Waals surface area (Å²) in [5, 5.41) is 0. The Hall–Kier alpha value is -0.180. The van der Waals surface area contributed by atoms with E-state index in [0.717, 1.165) is 12.8 Å². The number of hydrogen-bond donors (Lipinski definition) is 0. The predicted octanol–water partition coefficient (Wildman–Crippen LogP) is 3.87. The van der Waals surface area contributed by atoms with Crippen molar-refractivity contribution in [2.45, 2.75) is 52.4 Å². The van der Waals surface area contributed by atoms with Crippen molar-refractivity contribution in [3.05, 3.63) is 0 Å². The van der Waals surface area contributed by atoms with Crippen LogP contribution in [0, 0.1) is 5.92 Å². The van der Waals surface area contributed by atoms with Gasteiger partial charge in [-0.25, -0.2) is 8.78 Å². The SMILES string of the molecule is CCOCC(F)(F)CCCCC(C)C. The van der Waals surface area contributed by atoms with Gasteiger partial charge in [0, 0.05) is 13.0 Å². The van der Waals surface area contributed by atoms with Crippen LogP contribution in [0.15, 0.2) is 0 Å². The first-order chi connectivity index (χ1) is 6.48. The molecule has 0 heterocycles. The number of hydrogen-bond acceptors (Lipinski definition) is 1. The molecule has 0 atom stereocenters. The van der Waals surface area contributed by atoms with Crippen LogP contribution in [-0.4, -0.2) is 19.1 Å². The van der Waals surface area contributed by atoms with E-state index >= 15 is 0 Å². The molecule has 0 aromatic carbocycles. The molecule has 1 nitrogen and oxygen atoms in total. The minimum atomic E-state index is -2.63. The minimum absolute atomic E-state index is 0.0419. The van der Waals surface area contributed by atoms with Gasteiger partial charge in [0.1, 0.15) is 6.61 Å². The Balaban J connectivity index is 3.44. The summed E-state index contributed by atoms with van der Waals surface area (Å²) in [6.45, 7) is 5.89. The summed E-state index contributed by atoms with van der Waals surface area (Å²) in [6.07, 6.45) is 2.47. The standard InChI is InChI=1S/C11H22F2O/c1-4-14-9-11(12,13)8-6-5-7-10(2)3/h10H,4-9H2,1-3H3. The maximum atomic E-state index is 13.0. The number of halogens is 2. The summed E-state index contributed by atoms with van der Waals surface area (Å²) in [5.74, 6) is -2.02. The number of ether oxygens (including phenoxy) is 1. The van der Waals surface area contributed by atoms with Crippen molar-refractivity contribution in [2.75, 3.05) is 13.2 Å². The molecule has 0 aromatic rings. The third-order valence-electron chi connectivity index (χ3n) is 2.09. The molecular formula is C11H22F2O. The van der Waals surface area contributed by atoms with Gasteiger partial charge in [0.05, 0.1) is 0 Å². The van der Waals surface area contributed by atoms with E-state index in [9.17, 15) is 8.78 Å². The smallest absolute Gasteiger partial charge is 0.270 e. The Morgan fingerprint density at radius 2 is 1.86 bits per heavy atom. The fraction of sp³-hybridized carbons (Fsp3) is 1.00. The lowest BCUT2D eigenvalue weighted by Gasteiger charge is -2.15. The first-order valence-corrected chi connectivity index (χ1v) is 5.43. The van der Waals surface area contributed by atoms with Gasteiger partial charge in [-0.05, 0) is 19.3 Å². The summed E-state index contributed by atoms with van der Waals surface area (Å²) in [5.41, 5.74) is 0. The van der Waals surface area contributed by atoms with Crippen LogP contribution >= 0.6 is 0 Å². The Kier molecular flexibility index (Phi) is 7.06. The average molecular weight is 208 g/mol. The molecule has 0 aliphatic heterocycles. The largest absolute Gasteiger partial charge is 0.375 e. The molecule has 3 heteroatoms. The average Bonchev–Trinajstić information content (AvgIpc) is 2.09. The number of rotatable bonds is 8. The maximum absolute atomic E-state index is 13.0. The summed E-state index contributed by atoms with van der Waals surface area (Å²) in [6, 6.07) is 0. The van der Waals surface area contributed by atoms with E-state index in [1.807, 2.05) is 0 Å². The lowest BCUT2D eigenvalue weighted by Crippen LogP contribution is -2.23. The fourth-order valence-electron chi connectivity index (χ4n) is 1.26. The Morgan fingerprint density at radius 1 is 1.21 bits per heavy atom. The van der Waals surface area contributed by atoms with Crippen molar-refractivity contribution in [2.24, 2.45) is 5.92 Å². The molecule has 0 spiro atoms.